The molecule has 0 spiro atoms. The van der Waals surface area contributed by atoms with Crippen molar-refractivity contribution in [2.45, 2.75) is 33.2 Å². The molecule has 2 aromatic carbocycles. The van der Waals surface area contributed by atoms with Crippen molar-refractivity contribution in [3.05, 3.63) is 63.8 Å². The lowest BCUT2D eigenvalue weighted by molar-refractivity contribution is -0.136. The van der Waals surface area contributed by atoms with E-state index < -0.39 is 5.97 Å². The highest BCUT2D eigenvalue weighted by molar-refractivity contribution is 9.11. The Morgan fingerprint density at radius 2 is 1.87 bits per heavy atom. The van der Waals surface area contributed by atoms with Gasteiger partial charge in [0.1, 0.15) is 11.6 Å². The van der Waals surface area contributed by atoms with Gasteiger partial charge in [0.15, 0.2) is 5.75 Å². The van der Waals surface area contributed by atoms with Gasteiger partial charge in [-0.1, -0.05) is 25.8 Å². The number of carbonyl (C=O) groups is 1. The number of rotatable bonds is 8. The number of benzene rings is 2. The summed E-state index contributed by atoms with van der Waals surface area (Å²) in [5.41, 5.74) is 2.69. The molecule has 6 nitrogen and oxygen atoms in total. The van der Waals surface area contributed by atoms with Gasteiger partial charge in [-0.3, -0.25) is 9.52 Å². The third-order valence-corrected chi connectivity index (χ3v) is 5.40. The van der Waals surface area contributed by atoms with E-state index >= 15 is 0 Å². The molecule has 31 heavy (non-hydrogen) atoms. The number of fused-ring (bicyclic) bond motifs is 1. The molecule has 0 amide bonds. The number of nitrogens with one attached hydrogen (secondary N) is 2. The molecule has 0 fully saturated rings. The van der Waals surface area contributed by atoms with Crippen LogP contribution in [0.1, 0.15) is 31.7 Å². The van der Waals surface area contributed by atoms with E-state index in [1.165, 1.54) is 0 Å². The summed E-state index contributed by atoms with van der Waals surface area (Å²) in [5, 5.41) is 8.84. The molecule has 0 saturated carbocycles. The molecule has 3 N–H and O–H groups in total. The number of nitrogens with zero attached hydrogens (tertiary/aromatic N) is 1. The first-order valence-electron chi connectivity index (χ1n) is 9.58. The van der Waals surface area contributed by atoms with E-state index in [2.05, 4.69) is 59.7 Å². The van der Waals surface area contributed by atoms with Gasteiger partial charge in [-0.15, -0.1) is 13.2 Å². The standard InChI is InChI=1S/C18H17Br2N3O3S.C2H6.C2H4/c1-27-21-9-16-22-14-4-3-11(8-15(14)23-16)26-18-12(19)6-10(7-13(18)20)2-5-17(24)25;2*1-2/h3-4,6-8,21H,2,5,9H2,1H3,(H,22,23)(H,24,25);1-2H3;1-2H2. The minimum absolute atomic E-state index is 0.0866. The van der Waals surface area contributed by atoms with Gasteiger partial charge in [-0.2, -0.15) is 0 Å². The fourth-order valence-corrected chi connectivity index (χ4v) is 4.28. The largest absolute Gasteiger partial charge is 0.481 e. The Kier molecular flexibility index (Phi) is 12.5. The lowest BCUT2D eigenvalue weighted by Crippen LogP contribution is -2.03. The summed E-state index contributed by atoms with van der Waals surface area (Å²) >= 11 is 8.57. The van der Waals surface area contributed by atoms with Gasteiger partial charge in [0.05, 0.1) is 26.5 Å². The number of imidazole rings is 1. The molecule has 3 rings (SSSR count). The van der Waals surface area contributed by atoms with Crippen LogP contribution < -0.4 is 9.46 Å². The maximum atomic E-state index is 10.8. The number of hydrogen-bond acceptors (Lipinski definition) is 5. The third kappa shape index (κ3) is 8.33. The van der Waals surface area contributed by atoms with Crippen LogP contribution in [0, 0.1) is 0 Å². The summed E-state index contributed by atoms with van der Waals surface area (Å²) in [4.78, 5) is 18.6. The Bertz CT molecular complexity index is 972. The van der Waals surface area contributed by atoms with E-state index in [-0.39, 0.29) is 6.42 Å². The van der Waals surface area contributed by atoms with Crippen LogP contribution in [-0.2, 0) is 17.8 Å². The van der Waals surface area contributed by atoms with Crippen molar-refractivity contribution in [1.82, 2.24) is 14.7 Å². The van der Waals surface area contributed by atoms with Gasteiger partial charge in [0.2, 0.25) is 0 Å². The first-order valence-corrected chi connectivity index (χ1v) is 12.4. The van der Waals surface area contributed by atoms with Gasteiger partial charge in [-0.05, 0) is 74.4 Å². The van der Waals surface area contributed by atoms with Crippen LogP contribution in [0.3, 0.4) is 0 Å². The molecule has 0 aliphatic rings. The Labute approximate surface area is 204 Å². The van der Waals surface area contributed by atoms with Crippen molar-refractivity contribution < 1.29 is 14.6 Å². The van der Waals surface area contributed by atoms with Crippen LogP contribution in [-0.4, -0.2) is 27.3 Å². The number of halogens is 2. The van der Waals surface area contributed by atoms with Crippen LogP contribution in [0.25, 0.3) is 11.0 Å². The number of ether oxygens (including phenoxy) is 1. The predicted molar refractivity (Wildman–Crippen MR) is 137 cm³/mol. The number of aliphatic carboxylic acids is 1. The van der Waals surface area contributed by atoms with Crippen molar-refractivity contribution in [1.29, 1.82) is 0 Å². The van der Waals surface area contributed by atoms with Gasteiger partial charge >= 0.3 is 5.97 Å². The summed E-state index contributed by atoms with van der Waals surface area (Å²) in [6, 6.07) is 9.44. The van der Waals surface area contributed by atoms with E-state index in [0.29, 0.717) is 24.5 Å². The average Bonchev–Trinajstić information content (AvgIpc) is 3.18. The highest BCUT2D eigenvalue weighted by Crippen LogP contribution is 2.38. The predicted octanol–water partition coefficient (Wildman–Crippen LogP) is 7.09. The number of carboxylic acid groups (broad SMARTS) is 1. The minimum atomic E-state index is -0.817. The van der Waals surface area contributed by atoms with Crippen molar-refractivity contribution in [3.63, 3.8) is 0 Å². The molecule has 0 aliphatic heterocycles. The summed E-state index contributed by atoms with van der Waals surface area (Å²) in [5.74, 6) is 1.36. The first kappa shape index (κ1) is 27.2. The van der Waals surface area contributed by atoms with Gasteiger partial charge in [-0.25, -0.2) is 4.98 Å². The Morgan fingerprint density at radius 1 is 1.23 bits per heavy atom. The van der Waals surface area contributed by atoms with Gasteiger partial charge in [0.25, 0.3) is 0 Å². The molecule has 168 valence electrons. The zero-order valence-electron chi connectivity index (χ0n) is 17.8. The van der Waals surface area contributed by atoms with Crippen LogP contribution in [0.2, 0.25) is 0 Å². The second-order valence-corrected chi connectivity index (χ2v) is 8.18. The molecule has 1 aromatic heterocycles. The second kappa shape index (κ2) is 14.3. The number of hydrogen-bond donors (Lipinski definition) is 3. The lowest BCUT2D eigenvalue weighted by Gasteiger charge is -2.12. The molecular formula is C22H27Br2N3O3S. The van der Waals surface area contributed by atoms with E-state index in [9.17, 15) is 4.79 Å². The fraction of sp³-hybridized carbons (Fsp3) is 0.273. The third-order valence-electron chi connectivity index (χ3n) is 3.79. The maximum absolute atomic E-state index is 10.8. The lowest BCUT2D eigenvalue weighted by atomic mass is 10.1. The van der Waals surface area contributed by atoms with Crippen molar-refractivity contribution in [2.75, 3.05) is 6.26 Å². The highest BCUT2D eigenvalue weighted by Gasteiger charge is 2.12. The number of aromatic amines is 1. The Balaban J connectivity index is 0.00000113. The molecular weight excluding hydrogens is 546 g/mol. The molecule has 1 heterocycles. The zero-order valence-corrected chi connectivity index (χ0v) is 21.8. The fourth-order valence-electron chi connectivity index (χ4n) is 2.55. The van der Waals surface area contributed by atoms with Crippen molar-refractivity contribution >= 4 is 60.8 Å². The summed E-state index contributed by atoms with van der Waals surface area (Å²) in [6.07, 6.45) is 2.51. The van der Waals surface area contributed by atoms with Gasteiger partial charge in [0, 0.05) is 12.5 Å². The van der Waals surface area contributed by atoms with Crippen molar-refractivity contribution in [2.24, 2.45) is 0 Å². The number of aryl methyl sites for hydroxylation is 1. The second-order valence-electron chi connectivity index (χ2n) is 5.77. The summed E-state index contributed by atoms with van der Waals surface area (Å²) in [6.45, 7) is 10.7. The smallest absolute Gasteiger partial charge is 0.303 e. The van der Waals surface area contributed by atoms with Crippen LogP contribution in [0.15, 0.2) is 52.4 Å². The van der Waals surface area contributed by atoms with E-state index in [0.717, 1.165) is 31.4 Å². The maximum Gasteiger partial charge on any atom is 0.303 e. The SMILES string of the molecule is C=C.CC.CSNCc1nc2ccc(Oc3c(Br)cc(CCC(=O)O)cc3Br)cc2[nH]1. The molecule has 9 heteroatoms. The molecule has 3 aromatic rings. The van der Waals surface area contributed by atoms with E-state index in [4.69, 9.17) is 9.84 Å². The minimum Gasteiger partial charge on any atom is -0.481 e. The highest BCUT2D eigenvalue weighted by atomic mass is 79.9. The quantitative estimate of drug-likeness (QED) is 0.197. The number of H-pyrrole nitrogens is 1. The van der Waals surface area contributed by atoms with E-state index in [1.807, 2.05) is 50.4 Å². The summed E-state index contributed by atoms with van der Waals surface area (Å²) in [7, 11) is 0. The van der Waals surface area contributed by atoms with Crippen LogP contribution in [0.4, 0.5) is 0 Å². The number of carboxylic acids is 1. The Hall–Kier alpha value is -1.81. The number of aromatic nitrogens is 2. The molecule has 0 unspecified atom stereocenters. The average molecular weight is 573 g/mol. The van der Waals surface area contributed by atoms with Crippen LogP contribution >= 0.6 is 43.8 Å². The molecule has 0 aliphatic carbocycles. The molecule has 0 saturated heterocycles. The molecule has 0 radical (unpaired) electrons. The zero-order chi connectivity index (χ0) is 23.4. The summed E-state index contributed by atoms with van der Waals surface area (Å²) < 4.78 is 10.7. The normalized spacial score (nSPS) is 9.97. The van der Waals surface area contributed by atoms with Gasteiger partial charge < -0.3 is 14.8 Å². The molecule has 0 bridgehead atoms. The molecule has 0 atom stereocenters. The topological polar surface area (TPSA) is 87.2 Å². The van der Waals surface area contributed by atoms with E-state index in [1.54, 1.807) is 11.9 Å². The van der Waals surface area contributed by atoms with Crippen LogP contribution in [0.5, 0.6) is 11.5 Å². The monoisotopic (exact) mass is 571 g/mol. The Morgan fingerprint density at radius 3 is 2.45 bits per heavy atom. The van der Waals surface area contributed by atoms with Crippen molar-refractivity contribution in [3.8, 4) is 11.5 Å². The first-order chi connectivity index (χ1) is 15.0.